The minimum Gasteiger partial charge on any atom is -0.406 e. The van der Waals surface area contributed by atoms with Crippen LogP contribution in [0.5, 0.6) is 5.75 Å². The number of nitrogens with two attached hydrogens (primary N) is 1. The Morgan fingerprint density at radius 1 is 1.39 bits per heavy atom. The minimum atomic E-state index is -4.74. The number of halogens is 4. The fraction of sp³-hybridized carbons (Fsp3) is 0.222. The number of nitrogens with zero attached hydrogens (tertiary/aromatic N) is 3. The Bertz CT molecular complexity index is 905. The molecule has 0 bridgehead atoms. The van der Waals surface area contributed by atoms with Gasteiger partial charge in [-0.05, 0) is 30.0 Å². The lowest BCUT2D eigenvalue weighted by Crippen LogP contribution is -2.17. The average molecular weight is 431 g/mol. The first kappa shape index (κ1) is 21.9. The van der Waals surface area contributed by atoms with Crippen molar-refractivity contribution < 1.29 is 17.9 Å². The summed E-state index contributed by atoms with van der Waals surface area (Å²) in [6, 6.07) is 5.51. The van der Waals surface area contributed by atoms with E-state index < -0.39 is 6.36 Å². The molecule has 0 unspecified atom stereocenters. The SMILES string of the molecule is C=C(Cl)N=C(/C(=C\N)SCC)c1ncc(-c2ccc(OC(F)(F)F)cc2)n1C. The number of thioether (sulfide) groups is 1. The van der Waals surface area contributed by atoms with Crippen LogP contribution >= 0.6 is 23.4 Å². The van der Waals surface area contributed by atoms with Crippen LogP contribution in [0, 0.1) is 0 Å². The van der Waals surface area contributed by atoms with E-state index >= 15 is 0 Å². The van der Waals surface area contributed by atoms with Gasteiger partial charge >= 0.3 is 6.36 Å². The van der Waals surface area contributed by atoms with E-state index in [1.165, 1.54) is 42.2 Å². The predicted molar refractivity (Wildman–Crippen MR) is 107 cm³/mol. The Kier molecular flexibility index (Phi) is 7.20. The summed E-state index contributed by atoms with van der Waals surface area (Å²) in [5.41, 5.74) is 7.51. The van der Waals surface area contributed by atoms with Gasteiger partial charge < -0.3 is 15.0 Å². The average Bonchev–Trinajstić information content (AvgIpc) is 2.98. The van der Waals surface area contributed by atoms with Gasteiger partial charge in [0.05, 0.1) is 16.8 Å². The number of rotatable bonds is 7. The Balaban J connectivity index is 2.42. The second-order valence-electron chi connectivity index (χ2n) is 5.40. The van der Waals surface area contributed by atoms with Crippen molar-refractivity contribution in [2.24, 2.45) is 17.8 Å². The summed E-state index contributed by atoms with van der Waals surface area (Å²) in [6.45, 7) is 5.56. The van der Waals surface area contributed by atoms with Gasteiger partial charge in [-0.2, -0.15) is 0 Å². The number of allylic oxidation sites excluding steroid dienone is 1. The van der Waals surface area contributed by atoms with Crippen LogP contribution in [0.4, 0.5) is 13.2 Å². The molecule has 10 heteroatoms. The van der Waals surface area contributed by atoms with Gasteiger partial charge in [0.25, 0.3) is 0 Å². The zero-order chi connectivity index (χ0) is 20.9. The highest BCUT2D eigenvalue weighted by atomic mass is 35.5. The van der Waals surface area contributed by atoms with Crippen LogP contribution in [0.15, 0.2) is 58.3 Å². The number of alkyl halides is 3. The lowest BCUT2D eigenvalue weighted by atomic mass is 10.1. The number of aromatic nitrogens is 2. The number of hydrogen-bond acceptors (Lipinski definition) is 5. The van der Waals surface area contributed by atoms with Gasteiger partial charge in [0.1, 0.15) is 16.6 Å². The molecule has 1 aromatic carbocycles. The maximum atomic E-state index is 12.3. The van der Waals surface area contributed by atoms with Gasteiger partial charge in [0.2, 0.25) is 0 Å². The second kappa shape index (κ2) is 9.20. The molecule has 2 aromatic rings. The molecule has 0 aliphatic rings. The zero-order valence-corrected chi connectivity index (χ0v) is 16.7. The van der Waals surface area contributed by atoms with Crippen molar-refractivity contribution in [1.29, 1.82) is 0 Å². The number of aliphatic imine (C=N–C) groups is 1. The highest BCUT2D eigenvalue weighted by Crippen LogP contribution is 2.28. The van der Waals surface area contributed by atoms with E-state index in [4.69, 9.17) is 17.3 Å². The fourth-order valence-corrected chi connectivity index (χ4v) is 3.18. The van der Waals surface area contributed by atoms with Crippen LogP contribution in [-0.2, 0) is 7.05 Å². The van der Waals surface area contributed by atoms with Gasteiger partial charge in [-0.1, -0.05) is 25.1 Å². The van der Waals surface area contributed by atoms with E-state index in [2.05, 4.69) is 21.3 Å². The van der Waals surface area contributed by atoms with E-state index in [-0.39, 0.29) is 10.9 Å². The van der Waals surface area contributed by atoms with Crippen LogP contribution in [0.3, 0.4) is 0 Å². The summed E-state index contributed by atoms with van der Waals surface area (Å²) >= 11 is 7.34. The largest absolute Gasteiger partial charge is 0.573 e. The molecule has 0 spiro atoms. The molecule has 150 valence electrons. The molecule has 0 amide bonds. The molecule has 0 saturated carbocycles. The number of hydrogen-bond donors (Lipinski definition) is 1. The molecule has 1 heterocycles. The molecule has 0 radical (unpaired) electrons. The van der Waals surface area contributed by atoms with Crippen LogP contribution < -0.4 is 10.5 Å². The third-order valence-corrected chi connectivity index (χ3v) is 4.51. The number of imidazole rings is 1. The van der Waals surface area contributed by atoms with E-state index in [1.54, 1.807) is 17.8 Å². The standard InChI is InChI=1S/C18H18ClF3N4OS/c1-4-28-15(9-23)16(25-11(2)19)17-24-10-14(26(17)3)12-5-7-13(8-6-12)27-18(20,21)22/h5-10H,2,4,23H2,1,3H3/b15-9+,25-16?. The summed E-state index contributed by atoms with van der Waals surface area (Å²) in [6.07, 6.45) is -1.73. The monoisotopic (exact) mass is 430 g/mol. The van der Waals surface area contributed by atoms with Gasteiger partial charge in [0.15, 0.2) is 5.82 Å². The Morgan fingerprint density at radius 3 is 2.54 bits per heavy atom. The fourth-order valence-electron chi connectivity index (χ4n) is 2.41. The van der Waals surface area contributed by atoms with Crippen molar-refractivity contribution in [1.82, 2.24) is 9.55 Å². The summed E-state index contributed by atoms with van der Waals surface area (Å²) in [5.74, 6) is 0.950. The van der Waals surface area contributed by atoms with E-state index in [9.17, 15) is 13.2 Å². The van der Waals surface area contributed by atoms with E-state index in [0.717, 1.165) is 5.75 Å². The smallest absolute Gasteiger partial charge is 0.406 e. The molecule has 0 atom stereocenters. The van der Waals surface area contributed by atoms with Crippen molar-refractivity contribution in [3.63, 3.8) is 0 Å². The summed E-state index contributed by atoms with van der Waals surface area (Å²) in [5, 5.41) is 0.0734. The first-order valence-electron chi connectivity index (χ1n) is 8.02. The quantitative estimate of drug-likeness (QED) is 0.493. The van der Waals surface area contributed by atoms with Crippen molar-refractivity contribution in [3.8, 4) is 17.0 Å². The lowest BCUT2D eigenvalue weighted by molar-refractivity contribution is -0.274. The molecular formula is C18H18ClF3N4OS. The van der Waals surface area contributed by atoms with Gasteiger partial charge in [-0.3, -0.25) is 0 Å². The predicted octanol–water partition coefficient (Wildman–Crippen LogP) is 5.04. The second-order valence-corrected chi connectivity index (χ2v) is 7.14. The van der Waals surface area contributed by atoms with Crippen LogP contribution in [0.2, 0.25) is 0 Å². The Morgan fingerprint density at radius 2 is 2.04 bits per heavy atom. The molecule has 0 aliphatic carbocycles. The first-order chi connectivity index (χ1) is 13.2. The van der Waals surface area contributed by atoms with Crippen molar-refractivity contribution in [2.75, 3.05) is 5.75 Å². The summed E-state index contributed by atoms with van der Waals surface area (Å²) in [7, 11) is 1.76. The first-order valence-corrected chi connectivity index (χ1v) is 9.39. The van der Waals surface area contributed by atoms with Gasteiger partial charge in [0, 0.05) is 18.8 Å². The Hall–Kier alpha value is -2.39. The topological polar surface area (TPSA) is 65.4 Å². The maximum Gasteiger partial charge on any atom is 0.573 e. The highest BCUT2D eigenvalue weighted by Gasteiger charge is 2.31. The van der Waals surface area contributed by atoms with E-state index in [0.29, 0.717) is 27.7 Å². The molecule has 0 fully saturated rings. The third kappa shape index (κ3) is 5.56. The van der Waals surface area contributed by atoms with E-state index in [1.807, 2.05) is 6.92 Å². The molecule has 0 saturated heterocycles. The Labute approximate surface area is 169 Å². The van der Waals surface area contributed by atoms with Crippen LogP contribution in [0.25, 0.3) is 11.3 Å². The molecule has 5 nitrogen and oxygen atoms in total. The van der Waals surface area contributed by atoms with Crippen LogP contribution in [-0.4, -0.2) is 27.4 Å². The summed E-state index contributed by atoms with van der Waals surface area (Å²) in [4.78, 5) is 9.32. The van der Waals surface area contributed by atoms with Crippen molar-refractivity contribution in [3.05, 3.63) is 59.1 Å². The molecule has 1 aromatic heterocycles. The number of ether oxygens (including phenoxy) is 1. The summed E-state index contributed by atoms with van der Waals surface area (Å²) < 4.78 is 42.6. The highest BCUT2D eigenvalue weighted by molar-refractivity contribution is 8.04. The number of benzene rings is 1. The normalized spacial score (nSPS) is 12.9. The van der Waals surface area contributed by atoms with Gasteiger partial charge in [-0.25, -0.2) is 9.98 Å². The van der Waals surface area contributed by atoms with Gasteiger partial charge in [-0.15, -0.1) is 24.9 Å². The minimum absolute atomic E-state index is 0.0734. The van der Waals surface area contributed by atoms with Crippen molar-refractivity contribution in [2.45, 2.75) is 13.3 Å². The molecule has 2 rings (SSSR count). The lowest BCUT2D eigenvalue weighted by Gasteiger charge is -2.12. The third-order valence-electron chi connectivity index (χ3n) is 3.50. The van der Waals surface area contributed by atoms with Crippen LogP contribution in [0.1, 0.15) is 12.7 Å². The molecule has 0 aliphatic heterocycles. The molecular weight excluding hydrogens is 413 g/mol. The molecule has 2 N–H and O–H groups in total. The maximum absolute atomic E-state index is 12.3. The zero-order valence-electron chi connectivity index (χ0n) is 15.1. The van der Waals surface area contributed by atoms with Crippen molar-refractivity contribution >= 4 is 29.1 Å². The molecule has 28 heavy (non-hydrogen) atoms.